The topological polar surface area (TPSA) is 123 Å². The van der Waals surface area contributed by atoms with Crippen LogP contribution in [0.15, 0.2) is 47.4 Å². The molecule has 31 heavy (non-hydrogen) atoms. The molecule has 8 heteroatoms. The predicted molar refractivity (Wildman–Crippen MR) is 117 cm³/mol. The molecule has 2 N–H and O–H groups in total. The van der Waals surface area contributed by atoms with Gasteiger partial charge in [-0.2, -0.15) is 10.5 Å². The zero-order valence-electron chi connectivity index (χ0n) is 17.3. The highest BCUT2D eigenvalue weighted by molar-refractivity contribution is 7.90. The Kier molecular flexibility index (Phi) is 7.06. The monoisotopic (exact) mass is 436 g/mol. The molecule has 160 valence electrons. The minimum atomic E-state index is -3.53. The Morgan fingerprint density at radius 1 is 1.16 bits per heavy atom. The Morgan fingerprint density at radius 3 is 2.45 bits per heavy atom. The molecule has 7 nitrogen and oxygen atoms in total. The molecular formula is C23H24N4O3S. The van der Waals surface area contributed by atoms with Crippen molar-refractivity contribution < 1.29 is 13.2 Å². The van der Waals surface area contributed by atoms with Gasteiger partial charge in [-0.05, 0) is 48.2 Å². The van der Waals surface area contributed by atoms with Crippen LogP contribution in [-0.4, -0.2) is 39.2 Å². The van der Waals surface area contributed by atoms with Gasteiger partial charge in [0.15, 0.2) is 9.84 Å². The van der Waals surface area contributed by atoms with Crippen molar-refractivity contribution in [3.63, 3.8) is 0 Å². The van der Waals surface area contributed by atoms with Crippen LogP contribution >= 0.6 is 0 Å². The third-order valence-electron chi connectivity index (χ3n) is 5.33. The van der Waals surface area contributed by atoms with Crippen LogP contribution in [0.2, 0.25) is 0 Å². The van der Waals surface area contributed by atoms with Gasteiger partial charge in [-0.15, -0.1) is 0 Å². The van der Waals surface area contributed by atoms with Gasteiger partial charge < -0.3 is 10.6 Å². The molecule has 0 spiro atoms. The number of nitriles is 2. The van der Waals surface area contributed by atoms with E-state index >= 15 is 0 Å². The molecule has 2 aromatic rings. The number of amides is 1. The van der Waals surface area contributed by atoms with Gasteiger partial charge in [0.25, 0.3) is 0 Å². The average molecular weight is 437 g/mol. The number of sulfone groups is 1. The van der Waals surface area contributed by atoms with E-state index in [1.807, 2.05) is 30.3 Å². The van der Waals surface area contributed by atoms with E-state index in [0.29, 0.717) is 12.0 Å². The quantitative estimate of drug-likeness (QED) is 0.716. The second-order valence-electron chi connectivity index (χ2n) is 7.69. The van der Waals surface area contributed by atoms with Gasteiger partial charge in [0.1, 0.15) is 12.1 Å². The maximum Gasteiger partial charge on any atom is 0.238 e. The van der Waals surface area contributed by atoms with Gasteiger partial charge in [0, 0.05) is 12.7 Å². The number of carbonyl (C=O) groups is 1. The molecule has 2 atom stereocenters. The highest BCUT2D eigenvalue weighted by Crippen LogP contribution is 2.26. The van der Waals surface area contributed by atoms with Gasteiger partial charge >= 0.3 is 0 Å². The number of hydrogen-bond acceptors (Lipinski definition) is 6. The Morgan fingerprint density at radius 2 is 1.87 bits per heavy atom. The van der Waals surface area contributed by atoms with Crippen LogP contribution in [0.3, 0.4) is 0 Å². The summed E-state index contributed by atoms with van der Waals surface area (Å²) in [7, 11) is -3.53. The Bertz CT molecular complexity index is 1140. The van der Waals surface area contributed by atoms with Crippen LogP contribution < -0.4 is 10.6 Å². The van der Waals surface area contributed by atoms with Crippen molar-refractivity contribution in [3.8, 4) is 23.3 Å². The summed E-state index contributed by atoms with van der Waals surface area (Å²) in [5.41, 5.74) is 2.47. The molecule has 1 heterocycles. The smallest absolute Gasteiger partial charge is 0.238 e. The number of nitrogens with zero attached hydrogens (tertiary/aromatic N) is 2. The maximum absolute atomic E-state index is 12.4. The summed E-state index contributed by atoms with van der Waals surface area (Å²) in [4.78, 5) is 12.4. The Balaban J connectivity index is 1.72. The molecule has 3 rings (SSSR count). The zero-order valence-corrected chi connectivity index (χ0v) is 18.1. The third-order valence-corrected chi connectivity index (χ3v) is 6.46. The van der Waals surface area contributed by atoms with E-state index in [2.05, 4.69) is 16.7 Å². The summed E-state index contributed by atoms with van der Waals surface area (Å²) in [6.45, 7) is 0.813. The highest BCUT2D eigenvalue weighted by Gasteiger charge is 2.23. The molecule has 1 aliphatic heterocycles. The first-order valence-corrected chi connectivity index (χ1v) is 12.0. The summed E-state index contributed by atoms with van der Waals surface area (Å²) >= 11 is 0. The minimum Gasteiger partial charge on any atom is -0.339 e. The molecule has 0 radical (unpaired) electrons. The molecule has 1 fully saturated rings. The number of nitrogens with one attached hydrogen (secondary N) is 2. The highest BCUT2D eigenvalue weighted by atomic mass is 32.2. The standard InChI is InChI=1S/C23H24N4O3S/c1-31(29,30)22-13-18(9-10-19(22)14-24)17-7-5-16(6-8-17)12-20(15-25)27-23(28)21-4-2-3-11-26-21/h5-10,13,20-21,26H,2-4,11-12H2,1H3,(H,27,28)/t20-,21-/m0/s1. The van der Waals surface area contributed by atoms with Crippen LogP contribution in [0.4, 0.5) is 0 Å². The number of piperidine rings is 1. The number of carbonyl (C=O) groups excluding carboxylic acids is 1. The first-order valence-electron chi connectivity index (χ1n) is 10.1. The molecule has 0 aliphatic carbocycles. The normalized spacial score (nSPS) is 17.2. The van der Waals surface area contributed by atoms with Crippen molar-refractivity contribution in [2.45, 2.75) is 42.7 Å². The van der Waals surface area contributed by atoms with Crippen LogP contribution in [0.25, 0.3) is 11.1 Å². The van der Waals surface area contributed by atoms with E-state index in [-0.39, 0.29) is 22.4 Å². The summed E-state index contributed by atoms with van der Waals surface area (Å²) in [6.07, 6.45) is 4.29. The lowest BCUT2D eigenvalue weighted by molar-refractivity contribution is -0.124. The van der Waals surface area contributed by atoms with Gasteiger partial charge in [0.05, 0.1) is 22.6 Å². The fourth-order valence-corrected chi connectivity index (χ4v) is 4.50. The van der Waals surface area contributed by atoms with Crippen LogP contribution in [0.1, 0.15) is 30.4 Å². The van der Waals surface area contributed by atoms with Crippen molar-refractivity contribution in [2.75, 3.05) is 12.8 Å². The molecular weight excluding hydrogens is 412 g/mol. The van der Waals surface area contributed by atoms with E-state index < -0.39 is 15.9 Å². The van der Waals surface area contributed by atoms with E-state index in [9.17, 15) is 18.5 Å². The lowest BCUT2D eigenvalue weighted by Gasteiger charge is -2.23. The fourth-order valence-electron chi connectivity index (χ4n) is 3.65. The van der Waals surface area contributed by atoms with Gasteiger partial charge in [-0.3, -0.25) is 4.79 Å². The average Bonchev–Trinajstić information content (AvgIpc) is 2.78. The zero-order chi connectivity index (χ0) is 22.4. The van der Waals surface area contributed by atoms with Crippen molar-refractivity contribution in [1.82, 2.24) is 10.6 Å². The van der Waals surface area contributed by atoms with Crippen molar-refractivity contribution in [3.05, 3.63) is 53.6 Å². The number of hydrogen-bond donors (Lipinski definition) is 2. The Hall–Kier alpha value is -3.20. The minimum absolute atomic E-state index is 0.000144. The predicted octanol–water partition coefficient (Wildman–Crippen LogP) is 2.32. The van der Waals surface area contributed by atoms with Crippen molar-refractivity contribution in [2.24, 2.45) is 0 Å². The summed E-state index contributed by atoms with van der Waals surface area (Å²) < 4.78 is 24.0. The second kappa shape index (κ2) is 9.74. The van der Waals surface area contributed by atoms with E-state index in [4.69, 9.17) is 5.26 Å². The number of benzene rings is 2. The van der Waals surface area contributed by atoms with Gasteiger partial charge in [-0.1, -0.05) is 36.8 Å². The maximum atomic E-state index is 12.4. The summed E-state index contributed by atoms with van der Waals surface area (Å²) in [5, 5.41) is 24.6. The van der Waals surface area contributed by atoms with E-state index in [1.54, 1.807) is 6.07 Å². The van der Waals surface area contributed by atoms with Gasteiger partial charge in [0.2, 0.25) is 5.91 Å². The molecule has 0 bridgehead atoms. The summed E-state index contributed by atoms with van der Waals surface area (Å²) in [6, 6.07) is 15.3. The molecule has 0 saturated carbocycles. The van der Waals surface area contributed by atoms with E-state index in [0.717, 1.165) is 43.2 Å². The molecule has 0 aromatic heterocycles. The first kappa shape index (κ1) is 22.5. The number of rotatable bonds is 6. The molecule has 1 aliphatic rings. The van der Waals surface area contributed by atoms with Crippen LogP contribution in [0.5, 0.6) is 0 Å². The largest absolute Gasteiger partial charge is 0.339 e. The van der Waals surface area contributed by atoms with Crippen molar-refractivity contribution in [1.29, 1.82) is 10.5 Å². The third kappa shape index (κ3) is 5.69. The van der Waals surface area contributed by atoms with Crippen LogP contribution in [0, 0.1) is 22.7 Å². The first-order chi connectivity index (χ1) is 14.8. The SMILES string of the molecule is CS(=O)(=O)c1cc(-c2ccc(C[C@@H](C#N)NC(=O)[C@@H]3CCCCN3)cc2)ccc1C#N. The lowest BCUT2D eigenvalue weighted by atomic mass is 9.99. The molecule has 0 unspecified atom stereocenters. The molecule has 1 amide bonds. The van der Waals surface area contributed by atoms with Crippen LogP contribution in [-0.2, 0) is 21.1 Å². The molecule has 1 saturated heterocycles. The fraction of sp³-hybridized carbons (Fsp3) is 0.348. The Labute approximate surface area is 182 Å². The lowest BCUT2D eigenvalue weighted by Crippen LogP contribution is -2.49. The second-order valence-corrected chi connectivity index (χ2v) is 9.67. The van der Waals surface area contributed by atoms with E-state index in [1.165, 1.54) is 12.1 Å². The van der Waals surface area contributed by atoms with Gasteiger partial charge in [-0.25, -0.2) is 8.42 Å². The summed E-state index contributed by atoms with van der Waals surface area (Å²) in [5.74, 6) is -0.145. The van der Waals surface area contributed by atoms with Crippen molar-refractivity contribution >= 4 is 15.7 Å². The molecule has 2 aromatic carbocycles.